The van der Waals surface area contributed by atoms with E-state index in [0.29, 0.717) is 41.9 Å². The van der Waals surface area contributed by atoms with Crippen molar-refractivity contribution >= 4 is 5.97 Å². The summed E-state index contributed by atoms with van der Waals surface area (Å²) in [4.78, 5) is 10.9. The predicted molar refractivity (Wildman–Crippen MR) is 106 cm³/mol. The predicted octanol–water partition coefficient (Wildman–Crippen LogP) is 0.147. The first-order valence-electron chi connectivity index (χ1n) is 11.7. The number of hydrogen-bond donors (Lipinski definition) is 2. The maximum absolute atomic E-state index is 11.2. The molecule has 0 radical (unpaired) electrons. The average Bonchev–Trinajstić information content (AvgIpc) is 2.98. The molecule has 0 unspecified atom stereocenters. The third-order valence-electron chi connectivity index (χ3n) is 10.2. The van der Waals surface area contributed by atoms with Crippen LogP contribution in [0, 0.1) is 46.3 Å². The van der Waals surface area contributed by atoms with Crippen molar-refractivity contribution in [1.82, 2.24) is 0 Å². The van der Waals surface area contributed by atoms with Gasteiger partial charge >= 0.3 is 29.6 Å². The normalized spacial score (nSPS) is 49.9. The van der Waals surface area contributed by atoms with Gasteiger partial charge in [0.25, 0.3) is 0 Å². The molecule has 0 spiro atoms. The van der Waals surface area contributed by atoms with Gasteiger partial charge in [-0.05, 0) is 111 Å². The summed E-state index contributed by atoms with van der Waals surface area (Å²) in [7, 11) is 0. The zero-order valence-electron chi connectivity index (χ0n) is 18.9. The molecule has 4 nitrogen and oxygen atoms in total. The molecule has 0 bridgehead atoms. The fourth-order valence-corrected chi connectivity index (χ4v) is 8.72. The Hall–Kier alpha value is 0.390. The van der Waals surface area contributed by atoms with Gasteiger partial charge in [-0.3, -0.25) is 0 Å². The van der Waals surface area contributed by atoms with Crippen LogP contribution in [0.3, 0.4) is 0 Å². The van der Waals surface area contributed by atoms with Gasteiger partial charge in [0.15, 0.2) is 0 Å². The first kappa shape index (κ1) is 24.0. The second kappa shape index (κ2) is 8.73. The Morgan fingerprint density at radius 3 is 2.38 bits per heavy atom. The summed E-state index contributed by atoms with van der Waals surface area (Å²) in [5, 5.41) is 32.4. The Labute approximate surface area is 198 Å². The molecule has 29 heavy (non-hydrogen) atoms. The van der Waals surface area contributed by atoms with Crippen LogP contribution >= 0.6 is 0 Å². The van der Waals surface area contributed by atoms with Crippen LogP contribution in [0.1, 0.15) is 85.0 Å². The Kier molecular flexibility index (Phi) is 7.24. The summed E-state index contributed by atoms with van der Waals surface area (Å²) in [5.74, 6) is 1.99. The molecule has 0 amide bonds. The number of carboxylic acid groups (broad SMARTS) is 1. The van der Waals surface area contributed by atoms with Crippen LogP contribution in [0.25, 0.3) is 0 Å². The monoisotopic (exact) mass is 414 g/mol. The van der Waals surface area contributed by atoms with Crippen molar-refractivity contribution in [3.63, 3.8) is 0 Å². The molecule has 0 aromatic rings. The summed E-state index contributed by atoms with van der Waals surface area (Å²) >= 11 is 0. The molecule has 2 N–H and O–H groups in total. The number of fused-ring (bicyclic) bond motifs is 5. The maximum atomic E-state index is 11.2. The van der Waals surface area contributed by atoms with Crippen molar-refractivity contribution in [2.75, 3.05) is 0 Å². The minimum Gasteiger partial charge on any atom is -0.550 e. The Morgan fingerprint density at radius 2 is 1.69 bits per heavy atom. The molecule has 4 aliphatic carbocycles. The number of hydrogen-bond acceptors (Lipinski definition) is 4. The molecule has 0 saturated heterocycles. The van der Waals surface area contributed by atoms with E-state index in [1.807, 2.05) is 0 Å². The van der Waals surface area contributed by atoms with E-state index < -0.39 is 5.97 Å². The van der Waals surface area contributed by atoms with Crippen molar-refractivity contribution in [2.45, 2.75) is 97.2 Å². The van der Waals surface area contributed by atoms with Gasteiger partial charge < -0.3 is 20.1 Å². The van der Waals surface area contributed by atoms with Crippen LogP contribution in [0.4, 0.5) is 0 Å². The van der Waals surface area contributed by atoms with Gasteiger partial charge in [0.05, 0.1) is 12.2 Å². The van der Waals surface area contributed by atoms with Gasteiger partial charge in [-0.15, -0.1) is 0 Å². The van der Waals surface area contributed by atoms with Crippen molar-refractivity contribution in [2.24, 2.45) is 46.3 Å². The van der Waals surface area contributed by atoms with Crippen molar-refractivity contribution in [3.8, 4) is 0 Å². The molecule has 160 valence electrons. The second-order valence-electron chi connectivity index (χ2n) is 11.3. The molecule has 0 heterocycles. The minimum atomic E-state index is -0.934. The standard InChI is InChI=1S/C24H40O4.Na/c1-14(4-7-21(27)28)17-5-6-18-22-19(9-11-24(17,18)3)23(2)10-8-16(25)12-15(23)13-20(22)26;/h14-20,22,25-26H,4-13H2,1-3H3,(H,27,28);/q;+1/p-1/t14-,15+,16-,17-,18+,19-,20-,22+,23+,24-;/m1./s1. The number of rotatable bonds is 4. The molecule has 0 aromatic heterocycles. The summed E-state index contributed by atoms with van der Waals surface area (Å²) < 4.78 is 0. The van der Waals surface area contributed by atoms with E-state index in [4.69, 9.17) is 0 Å². The third kappa shape index (κ3) is 3.99. The topological polar surface area (TPSA) is 80.6 Å². The molecule has 0 aliphatic heterocycles. The smallest absolute Gasteiger partial charge is 0.550 e. The average molecular weight is 415 g/mol. The van der Waals surface area contributed by atoms with E-state index in [9.17, 15) is 20.1 Å². The van der Waals surface area contributed by atoms with E-state index in [1.54, 1.807) is 0 Å². The van der Waals surface area contributed by atoms with Gasteiger partial charge in [0, 0.05) is 5.97 Å². The number of aliphatic hydroxyl groups excluding tert-OH is 2. The molecule has 4 rings (SSSR count). The van der Waals surface area contributed by atoms with Crippen molar-refractivity contribution in [1.29, 1.82) is 0 Å². The number of aliphatic carboxylic acids is 1. The minimum absolute atomic E-state index is 0. The number of carbonyl (C=O) groups is 1. The summed E-state index contributed by atoms with van der Waals surface area (Å²) in [6, 6.07) is 0. The fourth-order valence-electron chi connectivity index (χ4n) is 8.72. The van der Waals surface area contributed by atoms with Crippen LogP contribution in [0.15, 0.2) is 0 Å². The maximum Gasteiger partial charge on any atom is 1.00 e. The van der Waals surface area contributed by atoms with Crippen molar-refractivity contribution < 1.29 is 49.7 Å². The summed E-state index contributed by atoms with van der Waals surface area (Å²) in [6.45, 7) is 7.11. The fraction of sp³-hybridized carbons (Fsp3) is 0.958. The molecule has 4 aliphatic rings. The van der Waals surface area contributed by atoms with E-state index in [0.717, 1.165) is 25.7 Å². The summed E-state index contributed by atoms with van der Waals surface area (Å²) in [5.41, 5.74) is 0.494. The van der Waals surface area contributed by atoms with Crippen LogP contribution in [-0.2, 0) is 4.79 Å². The van der Waals surface area contributed by atoms with E-state index in [-0.39, 0.29) is 59.0 Å². The second-order valence-corrected chi connectivity index (χ2v) is 11.3. The van der Waals surface area contributed by atoms with Crippen molar-refractivity contribution in [3.05, 3.63) is 0 Å². The SMILES string of the molecule is C[C@H](CCC(=O)[O-])[C@H]1CC[C@H]2[C@@H]3[C@H](O)C[C@@H]4C[C@H](O)CC[C@]4(C)[C@@H]3CC[C@]12C.[Na+]. The molecular formula is C24H39NaO4. The van der Waals surface area contributed by atoms with Gasteiger partial charge in [0.2, 0.25) is 0 Å². The Bertz CT molecular complexity index is 612. The molecule has 10 atom stereocenters. The van der Waals surface area contributed by atoms with Gasteiger partial charge in [-0.1, -0.05) is 20.8 Å². The van der Waals surface area contributed by atoms with Gasteiger partial charge in [0.1, 0.15) is 0 Å². The van der Waals surface area contributed by atoms with E-state index >= 15 is 0 Å². The van der Waals surface area contributed by atoms with Gasteiger partial charge in [-0.2, -0.15) is 0 Å². The largest absolute Gasteiger partial charge is 1.00 e. The molecule has 4 saturated carbocycles. The zero-order chi connectivity index (χ0) is 20.3. The molecule has 5 heteroatoms. The number of carbonyl (C=O) groups excluding carboxylic acids is 1. The molecule has 4 fully saturated rings. The third-order valence-corrected chi connectivity index (χ3v) is 10.2. The van der Waals surface area contributed by atoms with Crippen LogP contribution in [0.5, 0.6) is 0 Å². The van der Waals surface area contributed by atoms with Crippen LogP contribution < -0.4 is 34.7 Å². The Balaban J connectivity index is 0.00000240. The first-order valence-corrected chi connectivity index (χ1v) is 11.7. The zero-order valence-corrected chi connectivity index (χ0v) is 20.9. The van der Waals surface area contributed by atoms with Crippen LogP contribution in [-0.4, -0.2) is 28.4 Å². The molecule has 0 aromatic carbocycles. The number of carboxylic acids is 1. The van der Waals surface area contributed by atoms with Crippen LogP contribution in [0.2, 0.25) is 0 Å². The number of aliphatic hydroxyl groups is 2. The van der Waals surface area contributed by atoms with E-state index in [2.05, 4.69) is 20.8 Å². The molecular weight excluding hydrogens is 375 g/mol. The van der Waals surface area contributed by atoms with Gasteiger partial charge in [-0.25, -0.2) is 0 Å². The Morgan fingerprint density at radius 1 is 1.03 bits per heavy atom. The summed E-state index contributed by atoms with van der Waals surface area (Å²) in [6.07, 6.45) is 8.91. The first-order chi connectivity index (χ1) is 13.2. The quantitative estimate of drug-likeness (QED) is 0.642. The van der Waals surface area contributed by atoms with E-state index in [1.165, 1.54) is 25.7 Å².